The molecule has 1 aliphatic heterocycles. The largest absolute Gasteiger partial charge is 0.376 e. The second kappa shape index (κ2) is 7.97. The van der Waals surface area contributed by atoms with Gasteiger partial charge in [0.1, 0.15) is 6.10 Å². The van der Waals surface area contributed by atoms with Crippen LogP contribution in [-0.2, 0) is 14.3 Å². The summed E-state index contributed by atoms with van der Waals surface area (Å²) in [6, 6.07) is 6.04. The van der Waals surface area contributed by atoms with Gasteiger partial charge in [-0.2, -0.15) is 5.10 Å². The number of amides is 1. The van der Waals surface area contributed by atoms with E-state index in [1.54, 1.807) is 6.92 Å². The topological polar surface area (TPSA) is 65.4 Å². The fraction of sp³-hybridized carbons (Fsp3) is 0.579. The predicted molar refractivity (Wildman–Crippen MR) is 97.8 cm³/mol. The van der Waals surface area contributed by atoms with Gasteiger partial charge in [-0.15, -0.1) is 0 Å². The van der Waals surface area contributed by atoms with E-state index in [-0.39, 0.29) is 12.0 Å². The van der Waals surface area contributed by atoms with Gasteiger partial charge in [0.25, 0.3) is 5.91 Å². The second-order valence-corrected chi connectivity index (χ2v) is 6.93. The van der Waals surface area contributed by atoms with Crippen molar-refractivity contribution in [3.8, 4) is 0 Å². The van der Waals surface area contributed by atoms with Crippen LogP contribution in [0.3, 0.4) is 0 Å². The molecule has 0 unspecified atom stereocenters. The maximum absolute atomic E-state index is 12.3. The van der Waals surface area contributed by atoms with Crippen LogP contribution in [0.5, 0.6) is 0 Å². The number of ether oxygens (including phenoxy) is 2. The highest BCUT2D eigenvalue weighted by Gasteiger charge is 2.19. The number of hydrogen-bond donors (Lipinski definition) is 1. The molecule has 1 aromatic heterocycles. The molecule has 1 N–H and O–H groups in total. The summed E-state index contributed by atoms with van der Waals surface area (Å²) in [5.74, 6) is -0.147. The van der Waals surface area contributed by atoms with Gasteiger partial charge in [0.05, 0.1) is 18.2 Å². The van der Waals surface area contributed by atoms with Crippen molar-refractivity contribution in [1.82, 2.24) is 9.78 Å². The van der Waals surface area contributed by atoms with Crippen LogP contribution in [0.4, 0.5) is 5.69 Å². The van der Waals surface area contributed by atoms with Gasteiger partial charge < -0.3 is 14.8 Å². The molecule has 1 fully saturated rings. The van der Waals surface area contributed by atoms with Crippen molar-refractivity contribution in [1.29, 1.82) is 0 Å². The van der Waals surface area contributed by atoms with Crippen molar-refractivity contribution in [2.75, 3.05) is 18.5 Å². The molecule has 25 heavy (non-hydrogen) atoms. The van der Waals surface area contributed by atoms with Gasteiger partial charge in [-0.25, -0.2) is 0 Å². The van der Waals surface area contributed by atoms with E-state index in [2.05, 4.69) is 24.3 Å². The number of nitrogens with one attached hydrogen (secondary N) is 1. The lowest BCUT2D eigenvalue weighted by Crippen LogP contribution is -2.32. The monoisotopic (exact) mass is 345 g/mol. The van der Waals surface area contributed by atoms with Crippen molar-refractivity contribution in [2.24, 2.45) is 0 Å². The maximum atomic E-state index is 12.3. The third-order valence-corrected chi connectivity index (χ3v) is 4.49. The van der Waals surface area contributed by atoms with Gasteiger partial charge in [-0.1, -0.05) is 0 Å². The minimum absolute atomic E-state index is 0.113. The quantitative estimate of drug-likeness (QED) is 0.870. The summed E-state index contributed by atoms with van der Waals surface area (Å²) in [6.45, 7) is 7.20. The third-order valence-electron chi connectivity index (χ3n) is 4.49. The van der Waals surface area contributed by atoms with Crippen molar-refractivity contribution < 1.29 is 14.3 Å². The normalized spacial score (nSPS) is 19.3. The molecule has 1 aromatic carbocycles. The van der Waals surface area contributed by atoms with E-state index in [1.807, 2.05) is 29.1 Å². The zero-order chi connectivity index (χ0) is 17.8. The number of aromatic nitrogens is 2. The van der Waals surface area contributed by atoms with E-state index >= 15 is 0 Å². The number of nitrogens with zero attached hydrogens (tertiary/aromatic N) is 2. The van der Waals surface area contributed by atoms with E-state index in [0.717, 1.165) is 36.0 Å². The molecule has 2 atom stereocenters. The molecule has 1 saturated heterocycles. The number of fused-ring (bicyclic) bond motifs is 1. The van der Waals surface area contributed by atoms with Crippen LogP contribution in [0.1, 0.15) is 46.1 Å². The fourth-order valence-electron chi connectivity index (χ4n) is 2.90. The molecule has 0 saturated carbocycles. The highest BCUT2D eigenvalue weighted by Crippen LogP contribution is 2.20. The molecule has 0 bridgehead atoms. The Kier molecular flexibility index (Phi) is 5.71. The molecule has 2 heterocycles. The van der Waals surface area contributed by atoms with Gasteiger partial charge in [-0.3, -0.25) is 9.48 Å². The lowest BCUT2D eigenvalue weighted by molar-refractivity contribution is -0.130. The average molecular weight is 345 g/mol. The third kappa shape index (κ3) is 4.58. The number of carbonyl (C=O) groups is 1. The first-order valence-corrected chi connectivity index (χ1v) is 9.06. The Morgan fingerprint density at radius 3 is 2.96 bits per heavy atom. The molecule has 0 aliphatic carbocycles. The molecule has 6 nitrogen and oxygen atoms in total. The molecule has 136 valence electrons. The first kappa shape index (κ1) is 17.9. The van der Waals surface area contributed by atoms with Crippen LogP contribution in [0.2, 0.25) is 0 Å². The van der Waals surface area contributed by atoms with Crippen LogP contribution in [0.15, 0.2) is 24.4 Å². The number of benzene rings is 1. The number of hydrogen-bond acceptors (Lipinski definition) is 4. The van der Waals surface area contributed by atoms with E-state index in [0.29, 0.717) is 12.6 Å². The smallest absolute Gasteiger partial charge is 0.253 e. The highest BCUT2D eigenvalue weighted by molar-refractivity contribution is 5.96. The second-order valence-electron chi connectivity index (χ2n) is 6.93. The van der Waals surface area contributed by atoms with Gasteiger partial charge in [0.15, 0.2) is 0 Å². The Morgan fingerprint density at radius 2 is 2.24 bits per heavy atom. The number of carbonyl (C=O) groups excluding carboxylic acids is 1. The Labute approximate surface area is 148 Å². The van der Waals surface area contributed by atoms with Crippen LogP contribution in [0, 0.1) is 0 Å². The summed E-state index contributed by atoms with van der Waals surface area (Å²) >= 11 is 0. The van der Waals surface area contributed by atoms with Gasteiger partial charge in [0, 0.05) is 29.9 Å². The van der Waals surface area contributed by atoms with Crippen LogP contribution < -0.4 is 5.32 Å². The predicted octanol–water partition coefficient (Wildman–Crippen LogP) is 3.53. The standard InChI is InChI=1S/C19H27N3O3/c1-13(2)22-11-15-10-16(7-8-18(15)21-22)20-19(23)14(3)25-12-17-6-4-5-9-24-17/h7-8,10-11,13-14,17H,4-6,9,12H2,1-3H3,(H,20,23)/t14-,17-/m0/s1. The summed E-state index contributed by atoms with van der Waals surface area (Å²) in [6.07, 6.45) is 4.88. The maximum Gasteiger partial charge on any atom is 0.253 e. The average Bonchev–Trinajstić information content (AvgIpc) is 3.04. The van der Waals surface area contributed by atoms with Crippen LogP contribution >= 0.6 is 0 Å². The Bertz CT molecular complexity index is 720. The van der Waals surface area contributed by atoms with Gasteiger partial charge in [0.2, 0.25) is 0 Å². The molecule has 3 rings (SSSR count). The van der Waals surface area contributed by atoms with Crippen molar-refractivity contribution in [3.05, 3.63) is 24.4 Å². The molecule has 0 radical (unpaired) electrons. The first-order valence-electron chi connectivity index (χ1n) is 9.06. The van der Waals surface area contributed by atoms with E-state index in [4.69, 9.17) is 9.47 Å². The molecule has 1 aliphatic rings. The lowest BCUT2D eigenvalue weighted by Gasteiger charge is -2.23. The summed E-state index contributed by atoms with van der Waals surface area (Å²) in [5.41, 5.74) is 1.68. The summed E-state index contributed by atoms with van der Waals surface area (Å²) in [4.78, 5) is 12.3. The molecule has 0 spiro atoms. The van der Waals surface area contributed by atoms with E-state index < -0.39 is 6.10 Å². The highest BCUT2D eigenvalue weighted by atomic mass is 16.5. The summed E-state index contributed by atoms with van der Waals surface area (Å²) < 4.78 is 13.2. The van der Waals surface area contributed by atoms with Crippen LogP contribution in [0.25, 0.3) is 10.9 Å². The van der Waals surface area contributed by atoms with Crippen molar-refractivity contribution in [2.45, 2.75) is 58.3 Å². The fourth-order valence-corrected chi connectivity index (χ4v) is 2.90. The Hall–Kier alpha value is -1.92. The molecule has 6 heteroatoms. The minimum atomic E-state index is -0.514. The zero-order valence-corrected chi connectivity index (χ0v) is 15.2. The Balaban J connectivity index is 1.56. The summed E-state index contributed by atoms with van der Waals surface area (Å²) in [7, 11) is 0. The lowest BCUT2D eigenvalue weighted by atomic mass is 10.1. The van der Waals surface area contributed by atoms with Crippen LogP contribution in [-0.4, -0.2) is 41.1 Å². The number of rotatable bonds is 6. The minimum Gasteiger partial charge on any atom is -0.376 e. The molecular formula is C19H27N3O3. The van der Waals surface area contributed by atoms with Gasteiger partial charge in [-0.05, 0) is 58.2 Å². The van der Waals surface area contributed by atoms with Crippen molar-refractivity contribution >= 4 is 22.5 Å². The summed E-state index contributed by atoms with van der Waals surface area (Å²) in [5, 5.41) is 8.44. The molecule has 1 amide bonds. The first-order chi connectivity index (χ1) is 12.0. The van der Waals surface area contributed by atoms with Gasteiger partial charge >= 0.3 is 0 Å². The molecular weight excluding hydrogens is 318 g/mol. The SMILES string of the molecule is CC(C)n1cc2cc(NC(=O)[C@H](C)OC[C@@H]3CCCCO3)ccc2n1. The Morgan fingerprint density at radius 1 is 1.40 bits per heavy atom. The number of anilines is 1. The van der Waals surface area contributed by atoms with E-state index in [1.165, 1.54) is 6.42 Å². The van der Waals surface area contributed by atoms with E-state index in [9.17, 15) is 4.79 Å². The molecule has 2 aromatic rings. The van der Waals surface area contributed by atoms with Crippen molar-refractivity contribution in [3.63, 3.8) is 0 Å². The zero-order valence-electron chi connectivity index (χ0n) is 15.2.